The number of oxazole rings is 1. The van der Waals surface area contributed by atoms with E-state index in [0.717, 1.165) is 0 Å². The molecule has 0 spiro atoms. The van der Waals surface area contributed by atoms with Crippen LogP contribution in [0.4, 0.5) is 6.01 Å². The first-order valence-corrected chi connectivity index (χ1v) is 5.97. The van der Waals surface area contributed by atoms with E-state index in [4.69, 9.17) is 9.52 Å². The van der Waals surface area contributed by atoms with E-state index in [2.05, 4.69) is 27.1 Å². The van der Waals surface area contributed by atoms with Gasteiger partial charge in [0.1, 0.15) is 6.26 Å². The second-order valence-corrected chi connectivity index (χ2v) is 3.99. The molecule has 0 aromatic carbocycles. The first kappa shape index (κ1) is 13.8. The van der Waals surface area contributed by atoms with Gasteiger partial charge in [0, 0.05) is 24.4 Å². The number of hydrogen-bond donors (Lipinski definition) is 2. The fourth-order valence-electron chi connectivity index (χ4n) is 1.43. The molecule has 102 valence electrons. The van der Waals surface area contributed by atoms with Gasteiger partial charge in [-0.15, -0.1) is 0 Å². The van der Waals surface area contributed by atoms with E-state index in [1.54, 1.807) is 19.2 Å². The van der Waals surface area contributed by atoms with Gasteiger partial charge in [-0.2, -0.15) is 4.98 Å². The molecule has 0 bridgehead atoms. The van der Waals surface area contributed by atoms with Crippen molar-refractivity contribution in [3.05, 3.63) is 41.5 Å². The molecule has 2 aromatic rings. The summed E-state index contributed by atoms with van der Waals surface area (Å²) in [5, 5.41) is 11.2. The van der Waals surface area contributed by atoms with Gasteiger partial charge < -0.3 is 9.52 Å². The molecule has 6 heteroatoms. The highest BCUT2D eigenvalue weighted by Gasteiger charge is 2.10. The predicted octanol–water partition coefficient (Wildman–Crippen LogP) is 1.36. The number of aromatic nitrogens is 2. The lowest BCUT2D eigenvalue weighted by Crippen LogP contribution is -2.12. The smallest absolute Gasteiger partial charge is 0.301 e. The van der Waals surface area contributed by atoms with E-state index in [0.29, 0.717) is 23.2 Å². The van der Waals surface area contributed by atoms with Gasteiger partial charge in [-0.25, -0.2) is 0 Å². The Morgan fingerprint density at radius 3 is 3.05 bits per heavy atom. The number of nitrogens with one attached hydrogen (secondary N) is 1. The number of hydrogen-bond acceptors (Lipinski definition) is 5. The van der Waals surface area contributed by atoms with Gasteiger partial charge in [0.2, 0.25) is 0 Å². The Hall–Kier alpha value is -2.65. The average molecular weight is 271 g/mol. The van der Waals surface area contributed by atoms with Crippen LogP contribution < -0.4 is 5.32 Å². The number of aliphatic hydroxyl groups excluding tert-OH is 1. The predicted molar refractivity (Wildman–Crippen MR) is 72.0 cm³/mol. The fraction of sp³-hybridized carbons (Fsp3) is 0.214. The molecular formula is C14H13N3O3. The second kappa shape index (κ2) is 6.50. The zero-order valence-electron chi connectivity index (χ0n) is 10.9. The third-order valence-corrected chi connectivity index (χ3v) is 2.31. The summed E-state index contributed by atoms with van der Waals surface area (Å²) in [5.74, 6) is 5.21. The summed E-state index contributed by atoms with van der Waals surface area (Å²) in [5.41, 5.74) is 1.65. The number of carbonyl (C=O) groups is 1. The van der Waals surface area contributed by atoms with Crippen LogP contribution in [0.15, 0.2) is 29.1 Å². The molecule has 0 unspecified atom stereocenters. The van der Waals surface area contributed by atoms with E-state index in [1.165, 1.54) is 12.5 Å². The number of carbonyl (C=O) groups excluding carboxylic acids is 1. The molecule has 0 saturated carbocycles. The molecule has 0 aliphatic carbocycles. The van der Waals surface area contributed by atoms with E-state index < -0.39 is 0 Å². The largest absolute Gasteiger partial charge is 0.432 e. The topological polar surface area (TPSA) is 88.2 Å². The molecule has 0 saturated heterocycles. The van der Waals surface area contributed by atoms with Gasteiger partial charge in [-0.05, 0) is 13.0 Å². The Morgan fingerprint density at radius 1 is 1.50 bits per heavy atom. The van der Waals surface area contributed by atoms with Crippen LogP contribution in [-0.4, -0.2) is 27.6 Å². The van der Waals surface area contributed by atoms with Gasteiger partial charge in [0.15, 0.2) is 0 Å². The maximum Gasteiger partial charge on any atom is 0.301 e. The van der Waals surface area contributed by atoms with Crippen LogP contribution >= 0.6 is 0 Å². The lowest BCUT2D eigenvalue weighted by atomic mass is 10.2. The minimum Gasteiger partial charge on any atom is -0.432 e. The van der Waals surface area contributed by atoms with E-state index in [9.17, 15) is 4.79 Å². The highest BCUT2D eigenvalue weighted by atomic mass is 16.4. The summed E-state index contributed by atoms with van der Waals surface area (Å²) in [4.78, 5) is 19.9. The van der Waals surface area contributed by atoms with Crippen molar-refractivity contribution in [2.45, 2.75) is 13.3 Å². The van der Waals surface area contributed by atoms with Gasteiger partial charge >= 0.3 is 6.01 Å². The van der Waals surface area contributed by atoms with Crippen LogP contribution in [0, 0.1) is 18.8 Å². The van der Waals surface area contributed by atoms with Crippen LogP contribution in [-0.2, 0) is 0 Å². The molecule has 0 aliphatic heterocycles. The molecule has 0 fully saturated rings. The molecule has 2 aromatic heterocycles. The van der Waals surface area contributed by atoms with E-state index in [1.807, 2.05) is 0 Å². The Morgan fingerprint density at radius 2 is 2.35 bits per heavy atom. The van der Waals surface area contributed by atoms with Crippen molar-refractivity contribution < 1.29 is 14.3 Å². The van der Waals surface area contributed by atoms with Crippen molar-refractivity contribution in [2.24, 2.45) is 0 Å². The van der Waals surface area contributed by atoms with Crippen LogP contribution in [0.5, 0.6) is 0 Å². The van der Waals surface area contributed by atoms with Crippen LogP contribution in [0.1, 0.15) is 28.0 Å². The maximum atomic E-state index is 12.0. The number of aryl methyl sites for hydroxylation is 1. The van der Waals surface area contributed by atoms with Gasteiger partial charge in [-0.3, -0.25) is 15.1 Å². The molecule has 1 amide bonds. The van der Waals surface area contributed by atoms with Crippen molar-refractivity contribution in [1.29, 1.82) is 0 Å². The second-order valence-electron chi connectivity index (χ2n) is 3.99. The summed E-state index contributed by atoms with van der Waals surface area (Å²) in [6.07, 6.45) is 4.81. The minimum atomic E-state index is -0.370. The van der Waals surface area contributed by atoms with Crippen molar-refractivity contribution in [1.82, 2.24) is 9.97 Å². The summed E-state index contributed by atoms with van der Waals surface area (Å²) >= 11 is 0. The van der Waals surface area contributed by atoms with Crippen molar-refractivity contribution in [2.75, 3.05) is 11.9 Å². The zero-order valence-corrected chi connectivity index (χ0v) is 10.9. The molecular weight excluding hydrogens is 258 g/mol. The third kappa shape index (κ3) is 3.67. The minimum absolute atomic E-state index is 0.00409. The van der Waals surface area contributed by atoms with E-state index in [-0.39, 0.29) is 18.5 Å². The van der Waals surface area contributed by atoms with Gasteiger partial charge in [0.05, 0.1) is 17.9 Å². The SMILES string of the molecule is Cc1coc(NC(=O)c2cncc(C#CCCO)c2)n1. The fourth-order valence-corrected chi connectivity index (χ4v) is 1.43. The maximum absolute atomic E-state index is 12.0. The highest BCUT2D eigenvalue weighted by molar-refractivity contribution is 6.03. The molecule has 0 radical (unpaired) electrons. The van der Waals surface area contributed by atoms with Crippen molar-refractivity contribution >= 4 is 11.9 Å². The normalized spacial score (nSPS) is 9.70. The number of rotatable bonds is 3. The quantitative estimate of drug-likeness (QED) is 0.823. The molecule has 0 aliphatic rings. The van der Waals surface area contributed by atoms with Crippen molar-refractivity contribution in [3.63, 3.8) is 0 Å². The molecule has 0 atom stereocenters. The first-order chi connectivity index (χ1) is 9.69. The number of pyridine rings is 1. The summed E-state index contributed by atoms with van der Waals surface area (Å²) in [6, 6.07) is 1.76. The molecule has 2 rings (SSSR count). The van der Waals surface area contributed by atoms with Crippen LogP contribution in [0.2, 0.25) is 0 Å². The molecule has 20 heavy (non-hydrogen) atoms. The van der Waals surface area contributed by atoms with Gasteiger partial charge in [0.25, 0.3) is 5.91 Å². The molecule has 2 N–H and O–H groups in total. The molecule has 6 nitrogen and oxygen atoms in total. The number of aliphatic hydroxyl groups is 1. The summed E-state index contributed by atoms with van der Waals surface area (Å²) in [6.45, 7) is 1.77. The lowest BCUT2D eigenvalue weighted by molar-refractivity contribution is 0.102. The number of amides is 1. The Kier molecular flexibility index (Phi) is 4.47. The first-order valence-electron chi connectivity index (χ1n) is 5.97. The third-order valence-electron chi connectivity index (χ3n) is 2.31. The van der Waals surface area contributed by atoms with Crippen LogP contribution in [0.3, 0.4) is 0 Å². The Labute approximate surface area is 115 Å². The number of nitrogens with zero attached hydrogens (tertiary/aromatic N) is 2. The lowest BCUT2D eigenvalue weighted by Gasteiger charge is -2.00. The highest BCUT2D eigenvalue weighted by Crippen LogP contribution is 2.09. The van der Waals surface area contributed by atoms with E-state index >= 15 is 0 Å². The number of anilines is 1. The Bertz CT molecular complexity index is 668. The average Bonchev–Trinajstić information content (AvgIpc) is 2.85. The monoisotopic (exact) mass is 271 g/mol. The zero-order chi connectivity index (χ0) is 14.4. The summed E-state index contributed by atoms with van der Waals surface area (Å²) in [7, 11) is 0. The van der Waals surface area contributed by atoms with Gasteiger partial charge in [-0.1, -0.05) is 11.8 Å². The van der Waals surface area contributed by atoms with Crippen molar-refractivity contribution in [3.8, 4) is 11.8 Å². The van der Waals surface area contributed by atoms with Crippen LogP contribution in [0.25, 0.3) is 0 Å². The standard InChI is InChI=1S/C14H13N3O3/c1-10-9-20-14(16-10)17-13(19)12-6-11(7-15-8-12)4-2-3-5-18/h6-9,18H,3,5H2,1H3,(H,16,17,19). The Balaban J connectivity index is 2.10. The molecule has 2 heterocycles. The summed E-state index contributed by atoms with van der Waals surface area (Å²) < 4.78 is 5.05.